The molecule has 1 fully saturated rings. The summed E-state index contributed by atoms with van der Waals surface area (Å²) in [4.78, 5) is 51.1. The largest absolute Gasteiger partial charge is 0.459 e. The Morgan fingerprint density at radius 2 is 1.70 bits per heavy atom. The van der Waals surface area contributed by atoms with Crippen molar-refractivity contribution < 1.29 is 32.7 Å². The highest BCUT2D eigenvalue weighted by atomic mass is 19.1. The van der Waals surface area contributed by atoms with E-state index in [9.17, 15) is 23.6 Å². The van der Waals surface area contributed by atoms with E-state index in [2.05, 4.69) is 5.32 Å². The predicted molar refractivity (Wildman–Crippen MR) is 101 cm³/mol. The van der Waals surface area contributed by atoms with Gasteiger partial charge in [-0.3, -0.25) is 19.2 Å². The van der Waals surface area contributed by atoms with Gasteiger partial charge >= 0.3 is 5.97 Å². The first kappa shape index (κ1) is 21.0. The number of nitrogens with one attached hydrogen (secondary N) is 1. The van der Waals surface area contributed by atoms with E-state index in [0.717, 1.165) is 6.07 Å². The van der Waals surface area contributed by atoms with E-state index in [1.807, 2.05) is 0 Å². The van der Waals surface area contributed by atoms with Gasteiger partial charge in [-0.2, -0.15) is 0 Å². The molecule has 30 heavy (non-hydrogen) atoms. The lowest BCUT2D eigenvalue weighted by molar-refractivity contribution is -0.151. The molecule has 1 N–H and O–H groups in total. The predicted octanol–water partition coefficient (Wildman–Crippen LogP) is 0.676. The molecule has 0 saturated carbocycles. The number of ether oxygens (including phenoxy) is 1. The molecule has 10 heteroatoms. The van der Waals surface area contributed by atoms with Crippen LogP contribution in [-0.4, -0.2) is 72.8 Å². The number of carbonyl (C=O) groups is 4. The second-order valence-electron chi connectivity index (χ2n) is 6.47. The Balaban J connectivity index is 1.37. The third-order valence-corrected chi connectivity index (χ3v) is 4.52. The molecule has 2 aromatic rings. The molecule has 1 aliphatic heterocycles. The molecular formula is C20H20FN3O6. The van der Waals surface area contributed by atoms with Gasteiger partial charge in [-0.1, -0.05) is 12.1 Å². The Bertz CT molecular complexity index is 922. The minimum atomic E-state index is -0.820. The molecule has 1 aliphatic rings. The zero-order valence-corrected chi connectivity index (χ0v) is 16.0. The van der Waals surface area contributed by atoms with Gasteiger partial charge in [0.1, 0.15) is 12.4 Å². The lowest BCUT2D eigenvalue weighted by Gasteiger charge is -2.34. The number of amides is 3. The monoisotopic (exact) mass is 417 g/mol. The SMILES string of the molecule is O=C(CNC(=O)c1ccccc1F)OCC(=O)N1CCN(C(=O)c2ccco2)CC1. The van der Waals surface area contributed by atoms with E-state index < -0.39 is 36.8 Å². The smallest absolute Gasteiger partial charge is 0.325 e. The molecular weight excluding hydrogens is 397 g/mol. The van der Waals surface area contributed by atoms with Crippen LogP contribution in [0, 0.1) is 5.82 Å². The van der Waals surface area contributed by atoms with Crippen molar-refractivity contribution in [1.82, 2.24) is 15.1 Å². The standard InChI is InChI=1S/C20H20FN3O6/c21-15-5-2-1-4-14(15)19(27)22-12-18(26)30-13-17(25)23-7-9-24(10-8-23)20(28)16-6-3-11-29-16/h1-6,11H,7-10,12-13H2,(H,22,27). The molecule has 0 bridgehead atoms. The van der Waals surface area contributed by atoms with Crippen molar-refractivity contribution in [1.29, 1.82) is 0 Å². The van der Waals surface area contributed by atoms with E-state index in [1.54, 1.807) is 17.0 Å². The summed E-state index contributed by atoms with van der Waals surface area (Å²) in [5, 5.41) is 2.24. The van der Waals surface area contributed by atoms with E-state index >= 15 is 0 Å². The van der Waals surface area contributed by atoms with Crippen molar-refractivity contribution in [2.75, 3.05) is 39.3 Å². The van der Waals surface area contributed by atoms with Crippen LogP contribution in [-0.2, 0) is 14.3 Å². The van der Waals surface area contributed by atoms with Gasteiger partial charge in [0.2, 0.25) is 0 Å². The quantitative estimate of drug-likeness (QED) is 0.693. The zero-order chi connectivity index (χ0) is 21.5. The Kier molecular flexibility index (Phi) is 6.79. The number of furan rings is 1. The summed E-state index contributed by atoms with van der Waals surface area (Å²) in [6, 6.07) is 8.56. The van der Waals surface area contributed by atoms with Gasteiger partial charge in [-0.05, 0) is 24.3 Å². The Morgan fingerprint density at radius 1 is 1.00 bits per heavy atom. The topological polar surface area (TPSA) is 109 Å². The normalized spacial score (nSPS) is 13.6. The molecule has 158 valence electrons. The summed E-state index contributed by atoms with van der Waals surface area (Å²) in [5.74, 6) is -2.70. The molecule has 0 aliphatic carbocycles. The van der Waals surface area contributed by atoms with Crippen molar-refractivity contribution in [2.24, 2.45) is 0 Å². The number of halogens is 1. The van der Waals surface area contributed by atoms with Gasteiger partial charge in [0, 0.05) is 26.2 Å². The number of hydrogen-bond acceptors (Lipinski definition) is 6. The van der Waals surface area contributed by atoms with Crippen LogP contribution in [0.3, 0.4) is 0 Å². The van der Waals surface area contributed by atoms with Crippen molar-refractivity contribution in [3.8, 4) is 0 Å². The molecule has 1 aromatic carbocycles. The van der Waals surface area contributed by atoms with Crippen molar-refractivity contribution in [3.05, 3.63) is 59.8 Å². The van der Waals surface area contributed by atoms with Crippen LogP contribution in [0.5, 0.6) is 0 Å². The summed E-state index contributed by atoms with van der Waals surface area (Å²) >= 11 is 0. The van der Waals surface area contributed by atoms with Gasteiger partial charge in [-0.25, -0.2) is 4.39 Å². The summed E-state index contributed by atoms with van der Waals surface area (Å²) in [6.45, 7) is 0.280. The van der Waals surface area contributed by atoms with Crippen LogP contribution in [0.25, 0.3) is 0 Å². The van der Waals surface area contributed by atoms with Crippen LogP contribution in [0.1, 0.15) is 20.9 Å². The molecule has 0 spiro atoms. The minimum Gasteiger partial charge on any atom is -0.459 e. The number of piperazine rings is 1. The number of hydrogen-bond donors (Lipinski definition) is 1. The van der Waals surface area contributed by atoms with E-state index in [0.29, 0.717) is 26.2 Å². The van der Waals surface area contributed by atoms with Crippen molar-refractivity contribution >= 4 is 23.7 Å². The van der Waals surface area contributed by atoms with Crippen LogP contribution in [0.2, 0.25) is 0 Å². The van der Waals surface area contributed by atoms with Crippen molar-refractivity contribution in [2.45, 2.75) is 0 Å². The lowest BCUT2D eigenvalue weighted by Crippen LogP contribution is -2.51. The lowest BCUT2D eigenvalue weighted by atomic mass is 10.2. The maximum Gasteiger partial charge on any atom is 0.325 e. The summed E-state index contributed by atoms with van der Waals surface area (Å²) < 4.78 is 23.5. The van der Waals surface area contributed by atoms with E-state index in [4.69, 9.17) is 9.15 Å². The first-order valence-electron chi connectivity index (χ1n) is 9.24. The molecule has 0 unspecified atom stereocenters. The molecule has 2 heterocycles. The van der Waals surface area contributed by atoms with Crippen LogP contribution >= 0.6 is 0 Å². The summed E-state index contributed by atoms with van der Waals surface area (Å²) in [7, 11) is 0. The molecule has 1 saturated heterocycles. The summed E-state index contributed by atoms with van der Waals surface area (Å²) in [6.07, 6.45) is 1.42. The minimum absolute atomic E-state index is 0.191. The highest BCUT2D eigenvalue weighted by molar-refractivity contribution is 5.96. The van der Waals surface area contributed by atoms with E-state index in [1.165, 1.54) is 29.4 Å². The molecule has 1 aromatic heterocycles. The zero-order valence-electron chi connectivity index (χ0n) is 16.0. The molecule has 9 nitrogen and oxygen atoms in total. The van der Waals surface area contributed by atoms with Gasteiger partial charge < -0.3 is 24.3 Å². The number of benzene rings is 1. The number of nitrogens with zero attached hydrogens (tertiary/aromatic N) is 2. The third-order valence-electron chi connectivity index (χ3n) is 4.52. The van der Waals surface area contributed by atoms with Crippen LogP contribution in [0.15, 0.2) is 47.1 Å². The fraction of sp³-hybridized carbons (Fsp3) is 0.300. The maximum absolute atomic E-state index is 13.5. The highest BCUT2D eigenvalue weighted by Crippen LogP contribution is 2.10. The first-order valence-corrected chi connectivity index (χ1v) is 9.24. The fourth-order valence-electron chi connectivity index (χ4n) is 2.89. The molecule has 0 radical (unpaired) electrons. The highest BCUT2D eigenvalue weighted by Gasteiger charge is 2.26. The third kappa shape index (κ3) is 5.22. The first-order chi connectivity index (χ1) is 14.5. The van der Waals surface area contributed by atoms with E-state index in [-0.39, 0.29) is 17.2 Å². The number of esters is 1. The van der Waals surface area contributed by atoms with Gasteiger partial charge in [-0.15, -0.1) is 0 Å². The second kappa shape index (κ2) is 9.68. The number of carbonyl (C=O) groups excluding carboxylic acids is 4. The average Bonchev–Trinajstić information content (AvgIpc) is 3.30. The van der Waals surface area contributed by atoms with Gasteiger partial charge in [0.15, 0.2) is 12.4 Å². The molecule has 3 amide bonds. The molecule has 0 atom stereocenters. The van der Waals surface area contributed by atoms with Gasteiger partial charge in [0.05, 0.1) is 11.8 Å². The Morgan fingerprint density at radius 3 is 2.37 bits per heavy atom. The Hall–Kier alpha value is -3.69. The second-order valence-corrected chi connectivity index (χ2v) is 6.47. The number of rotatable bonds is 6. The molecule has 3 rings (SSSR count). The van der Waals surface area contributed by atoms with Crippen molar-refractivity contribution in [3.63, 3.8) is 0 Å². The van der Waals surface area contributed by atoms with Crippen LogP contribution < -0.4 is 5.32 Å². The van der Waals surface area contributed by atoms with Crippen LogP contribution in [0.4, 0.5) is 4.39 Å². The van der Waals surface area contributed by atoms with Gasteiger partial charge in [0.25, 0.3) is 17.7 Å². The maximum atomic E-state index is 13.5. The average molecular weight is 417 g/mol. The fourth-order valence-corrected chi connectivity index (χ4v) is 2.89. The summed E-state index contributed by atoms with van der Waals surface area (Å²) in [5.41, 5.74) is -0.191. The Labute approximate surface area is 171 Å².